The average Bonchev–Trinajstić information content (AvgIpc) is 3.42. The minimum Gasteiger partial charge on any atom is -0.475 e. The highest BCUT2D eigenvalue weighted by molar-refractivity contribution is 7.89. The first kappa shape index (κ1) is 33.6. The summed E-state index contributed by atoms with van der Waals surface area (Å²) < 4.78 is 87.1. The third kappa shape index (κ3) is 8.35. The fourth-order valence-electron chi connectivity index (χ4n) is 4.88. The number of ketones is 1. The summed E-state index contributed by atoms with van der Waals surface area (Å²) in [6, 6.07) is 3.98. The quantitative estimate of drug-likeness (QED) is 0.288. The van der Waals surface area contributed by atoms with Crippen LogP contribution in [0.1, 0.15) is 54.8 Å². The number of anilines is 2. The van der Waals surface area contributed by atoms with Crippen molar-refractivity contribution in [2.45, 2.75) is 63.8 Å². The summed E-state index contributed by atoms with van der Waals surface area (Å²) in [4.78, 5) is 27.9. The lowest BCUT2D eigenvalue weighted by Crippen LogP contribution is -2.45. The number of rotatable bonds is 8. The average molecular weight is 642 g/mol. The topological polar surface area (TPSA) is 146 Å². The number of thiazole rings is 1. The Kier molecular flexibility index (Phi) is 10.9. The van der Waals surface area contributed by atoms with Gasteiger partial charge in [0.05, 0.1) is 11.3 Å². The number of likely N-dealkylation sites (tertiary alicyclic amines) is 1. The van der Waals surface area contributed by atoms with E-state index in [2.05, 4.69) is 29.0 Å². The molecule has 2 unspecified atom stereocenters. The van der Waals surface area contributed by atoms with Crippen LogP contribution in [-0.2, 0) is 14.8 Å². The minimum atomic E-state index is -5.08. The molecule has 42 heavy (non-hydrogen) atoms. The number of nitrogen functional groups attached to an aromatic ring is 1. The molecule has 2 aromatic rings. The molecule has 2 aliphatic rings. The monoisotopic (exact) mass is 641 g/mol. The number of carboxylic acid groups (broad SMARTS) is 1. The molecule has 2 atom stereocenters. The molecule has 3 heterocycles. The summed E-state index contributed by atoms with van der Waals surface area (Å²) >= 11 is 0.935. The first-order valence-corrected chi connectivity index (χ1v) is 15.5. The molecule has 0 bridgehead atoms. The Bertz CT molecular complexity index is 1350. The van der Waals surface area contributed by atoms with E-state index in [1.165, 1.54) is 6.07 Å². The van der Waals surface area contributed by atoms with E-state index in [9.17, 15) is 35.2 Å². The number of carbonyl (C=O) groups is 2. The van der Waals surface area contributed by atoms with Gasteiger partial charge >= 0.3 is 12.1 Å². The van der Waals surface area contributed by atoms with Crippen molar-refractivity contribution in [1.29, 1.82) is 0 Å². The number of carbonyl (C=O) groups excluding carboxylic acids is 1. The molecule has 0 aliphatic carbocycles. The van der Waals surface area contributed by atoms with Crippen LogP contribution in [0.15, 0.2) is 18.2 Å². The minimum absolute atomic E-state index is 0.0399. The maximum absolute atomic E-state index is 14.0. The van der Waals surface area contributed by atoms with E-state index >= 15 is 0 Å². The predicted octanol–water partition coefficient (Wildman–Crippen LogP) is 3.95. The number of hydrogen-bond donors (Lipinski definition) is 3. The van der Waals surface area contributed by atoms with Gasteiger partial charge in [0, 0.05) is 37.8 Å². The fraction of sp³-hybridized carbons (Fsp3) is 0.560. The van der Waals surface area contributed by atoms with Crippen molar-refractivity contribution < 1.29 is 45.1 Å². The molecule has 10 nitrogen and oxygen atoms in total. The second-order valence-corrected chi connectivity index (χ2v) is 13.2. The number of piperidine rings is 1. The Labute approximate surface area is 243 Å². The zero-order valence-corrected chi connectivity index (χ0v) is 24.5. The summed E-state index contributed by atoms with van der Waals surface area (Å²) in [5, 5.41) is 10.7. The van der Waals surface area contributed by atoms with Gasteiger partial charge < -0.3 is 16.2 Å². The van der Waals surface area contributed by atoms with Crippen LogP contribution >= 0.6 is 11.3 Å². The van der Waals surface area contributed by atoms with Gasteiger partial charge in [-0.05, 0) is 51.7 Å². The highest BCUT2D eigenvalue weighted by atomic mass is 32.2. The van der Waals surface area contributed by atoms with Crippen LogP contribution in [-0.4, -0.2) is 89.2 Å². The van der Waals surface area contributed by atoms with Gasteiger partial charge in [-0.15, -0.1) is 0 Å². The van der Waals surface area contributed by atoms with Crippen molar-refractivity contribution in [3.8, 4) is 0 Å². The van der Waals surface area contributed by atoms with Gasteiger partial charge in [-0.3, -0.25) is 9.69 Å². The van der Waals surface area contributed by atoms with Crippen LogP contribution in [0.5, 0.6) is 0 Å². The van der Waals surface area contributed by atoms with Gasteiger partial charge in [-0.25, -0.2) is 31.3 Å². The molecule has 17 heteroatoms. The number of carboxylic acids is 1. The molecule has 2 aliphatic heterocycles. The van der Waals surface area contributed by atoms with Crippen molar-refractivity contribution >= 4 is 44.1 Å². The number of nitrogens with zero attached hydrogens (tertiary/aromatic N) is 3. The Balaban J connectivity index is 0.000000616. The highest BCUT2D eigenvalue weighted by Crippen LogP contribution is 2.31. The Morgan fingerprint density at radius 2 is 1.62 bits per heavy atom. The molecule has 234 valence electrons. The van der Waals surface area contributed by atoms with E-state index in [0.29, 0.717) is 49.7 Å². The fourth-order valence-corrected chi connectivity index (χ4v) is 7.25. The van der Waals surface area contributed by atoms with Crippen molar-refractivity contribution in [3.63, 3.8) is 0 Å². The number of aromatic nitrogens is 1. The third-order valence-corrected chi connectivity index (χ3v) is 10.1. The zero-order valence-electron chi connectivity index (χ0n) is 22.8. The number of nitrogens with one attached hydrogen (secondary N) is 1. The van der Waals surface area contributed by atoms with E-state index < -0.39 is 45.2 Å². The summed E-state index contributed by atoms with van der Waals surface area (Å²) in [6.45, 7) is 5.60. The second-order valence-electron chi connectivity index (χ2n) is 10.1. The van der Waals surface area contributed by atoms with Gasteiger partial charge in [0.25, 0.3) is 0 Å². The summed E-state index contributed by atoms with van der Waals surface area (Å²) in [6.07, 6.45) is -1.74. The molecule has 1 aromatic heterocycles. The molecule has 0 saturated carbocycles. The zero-order chi connectivity index (χ0) is 31.4. The van der Waals surface area contributed by atoms with Crippen molar-refractivity contribution in [2.24, 2.45) is 0 Å². The molecule has 0 spiro atoms. The first-order chi connectivity index (χ1) is 19.5. The van der Waals surface area contributed by atoms with E-state index in [1.807, 2.05) is 0 Å². The van der Waals surface area contributed by atoms with Gasteiger partial charge in [-0.2, -0.15) is 13.2 Å². The van der Waals surface area contributed by atoms with E-state index in [-0.39, 0.29) is 22.5 Å². The predicted molar refractivity (Wildman–Crippen MR) is 147 cm³/mol. The normalized spacial score (nSPS) is 20.6. The van der Waals surface area contributed by atoms with Crippen LogP contribution < -0.4 is 11.1 Å². The summed E-state index contributed by atoms with van der Waals surface area (Å²) in [5.74, 6) is -5.52. The van der Waals surface area contributed by atoms with Crippen LogP contribution in [0.25, 0.3) is 0 Å². The Hall–Kier alpha value is -2.89. The van der Waals surface area contributed by atoms with Crippen molar-refractivity contribution in [2.75, 3.05) is 36.4 Å². The van der Waals surface area contributed by atoms with Crippen molar-refractivity contribution in [1.82, 2.24) is 14.2 Å². The van der Waals surface area contributed by atoms with E-state index in [1.54, 1.807) is 4.31 Å². The lowest BCUT2D eigenvalue weighted by molar-refractivity contribution is -0.192. The Morgan fingerprint density at radius 1 is 1.10 bits per heavy atom. The molecule has 4 rings (SSSR count). The van der Waals surface area contributed by atoms with Crippen molar-refractivity contribution in [3.05, 3.63) is 40.3 Å². The third-order valence-electron chi connectivity index (χ3n) is 7.21. The van der Waals surface area contributed by atoms with Gasteiger partial charge in [0.2, 0.25) is 15.8 Å². The lowest BCUT2D eigenvalue weighted by Gasteiger charge is -2.32. The van der Waals surface area contributed by atoms with Gasteiger partial charge in [0.15, 0.2) is 5.13 Å². The molecule has 1 aromatic carbocycles. The smallest absolute Gasteiger partial charge is 0.475 e. The van der Waals surface area contributed by atoms with Gasteiger partial charge in [-0.1, -0.05) is 17.4 Å². The maximum Gasteiger partial charge on any atom is 0.490 e. The molecular weight excluding hydrogens is 609 g/mol. The van der Waals surface area contributed by atoms with E-state index in [0.717, 1.165) is 36.3 Å². The number of hydrogen-bond acceptors (Lipinski definition) is 9. The first-order valence-electron chi connectivity index (χ1n) is 13.1. The van der Waals surface area contributed by atoms with Gasteiger partial charge in [0.1, 0.15) is 22.3 Å². The number of benzene rings is 1. The maximum atomic E-state index is 14.0. The standard InChI is InChI=1S/C23H31F2N5O3S2.C2HF3O2/c1-14-6-7-15(2)30(14)12-13-35(32,33)29-10-8-16(9-11-29)27-23-28-22(26)21(34-23)20(31)19-17(24)4-3-5-18(19)25;3-2(4,5)1(6)7/h3-5,14-16H,6-13,26H2,1-2H3,(H,27,28);(H,6,7). The summed E-state index contributed by atoms with van der Waals surface area (Å²) in [7, 11) is -3.35. The number of halogens is 5. The molecule has 0 radical (unpaired) electrons. The molecule has 2 saturated heterocycles. The second kappa shape index (κ2) is 13.6. The van der Waals surface area contributed by atoms with Crippen LogP contribution in [0.3, 0.4) is 0 Å². The number of nitrogens with two attached hydrogens (primary N) is 1. The number of aliphatic carboxylic acids is 1. The number of sulfonamides is 1. The van der Waals surface area contributed by atoms with Crippen LogP contribution in [0.2, 0.25) is 0 Å². The van der Waals surface area contributed by atoms with E-state index in [4.69, 9.17) is 15.6 Å². The van der Waals surface area contributed by atoms with Crippen LogP contribution in [0, 0.1) is 11.6 Å². The lowest BCUT2D eigenvalue weighted by atomic mass is 10.1. The molecular formula is C25H32F5N5O5S2. The number of alkyl halides is 3. The van der Waals surface area contributed by atoms with Crippen LogP contribution in [0.4, 0.5) is 32.9 Å². The SMILES string of the molecule is CC1CCC(C)N1CCS(=O)(=O)N1CCC(Nc2nc(N)c(C(=O)c3c(F)cccc3F)s2)CC1.O=C(O)C(F)(F)F. The Morgan fingerprint density at radius 3 is 2.12 bits per heavy atom. The molecule has 4 N–H and O–H groups in total. The highest BCUT2D eigenvalue weighted by Gasteiger charge is 2.38. The largest absolute Gasteiger partial charge is 0.490 e. The molecule has 2 fully saturated rings. The summed E-state index contributed by atoms with van der Waals surface area (Å²) in [5.41, 5.74) is 5.21. The molecule has 0 amide bonds.